The van der Waals surface area contributed by atoms with E-state index in [2.05, 4.69) is 10.5 Å². The number of anilines is 1. The molecule has 2 saturated carbocycles. The van der Waals surface area contributed by atoms with Crippen LogP contribution in [0.25, 0.3) is 0 Å². The second-order valence-electron chi connectivity index (χ2n) is 6.07. The fourth-order valence-corrected chi connectivity index (χ4v) is 3.26. The fourth-order valence-electron chi connectivity index (χ4n) is 3.26. The van der Waals surface area contributed by atoms with Crippen molar-refractivity contribution in [3.05, 3.63) is 29.8 Å². The Balaban J connectivity index is 1.63. The molecule has 0 aliphatic heterocycles. The zero-order valence-electron chi connectivity index (χ0n) is 12.1. The summed E-state index contributed by atoms with van der Waals surface area (Å²) in [5, 5.41) is 4.35. The minimum Gasteiger partial charge on any atom is -0.378 e. The normalized spacial score (nSPS) is 26.0. The molecule has 106 valence electrons. The van der Waals surface area contributed by atoms with Gasteiger partial charge in [-0.2, -0.15) is 5.10 Å². The molecule has 4 heteroatoms. The van der Waals surface area contributed by atoms with Crippen LogP contribution in [-0.2, 0) is 0 Å². The molecule has 2 fully saturated rings. The molecule has 1 amide bonds. The largest absolute Gasteiger partial charge is 0.378 e. The van der Waals surface area contributed by atoms with Crippen molar-refractivity contribution in [3.63, 3.8) is 0 Å². The summed E-state index contributed by atoms with van der Waals surface area (Å²) in [5.74, 6) is 1.32. The molecule has 4 nitrogen and oxygen atoms in total. The maximum absolute atomic E-state index is 12.1. The summed E-state index contributed by atoms with van der Waals surface area (Å²) in [4.78, 5) is 14.1. The van der Waals surface area contributed by atoms with Crippen molar-refractivity contribution in [2.24, 2.45) is 16.9 Å². The Hall–Kier alpha value is -1.84. The van der Waals surface area contributed by atoms with Gasteiger partial charge in [-0.25, -0.2) is 5.43 Å². The first-order valence-corrected chi connectivity index (χ1v) is 7.27. The molecule has 0 spiro atoms. The molecule has 0 radical (unpaired) electrons. The first-order valence-electron chi connectivity index (χ1n) is 7.27. The third-order valence-electron chi connectivity index (χ3n) is 4.46. The number of nitrogens with one attached hydrogen (secondary N) is 1. The van der Waals surface area contributed by atoms with Crippen molar-refractivity contribution in [2.45, 2.75) is 25.7 Å². The quantitative estimate of drug-likeness (QED) is 0.859. The molecule has 2 bridgehead atoms. The Morgan fingerprint density at radius 1 is 1.25 bits per heavy atom. The van der Waals surface area contributed by atoms with Crippen molar-refractivity contribution >= 4 is 17.3 Å². The molecule has 2 unspecified atom stereocenters. The third kappa shape index (κ3) is 2.55. The Labute approximate surface area is 119 Å². The predicted molar refractivity (Wildman–Crippen MR) is 81.1 cm³/mol. The highest BCUT2D eigenvalue weighted by Gasteiger charge is 2.36. The lowest BCUT2D eigenvalue weighted by molar-refractivity contribution is 0.0954. The summed E-state index contributed by atoms with van der Waals surface area (Å²) in [7, 11) is 3.96. The van der Waals surface area contributed by atoms with E-state index in [-0.39, 0.29) is 5.91 Å². The van der Waals surface area contributed by atoms with E-state index in [1.165, 1.54) is 25.0 Å². The zero-order valence-corrected chi connectivity index (χ0v) is 12.1. The van der Waals surface area contributed by atoms with E-state index in [1.807, 2.05) is 43.3 Å². The van der Waals surface area contributed by atoms with Gasteiger partial charge in [0.25, 0.3) is 5.91 Å². The van der Waals surface area contributed by atoms with Gasteiger partial charge in [0.1, 0.15) is 0 Å². The second-order valence-corrected chi connectivity index (χ2v) is 6.07. The van der Waals surface area contributed by atoms with Gasteiger partial charge < -0.3 is 4.90 Å². The number of rotatable bonds is 3. The Morgan fingerprint density at radius 3 is 2.55 bits per heavy atom. The average molecular weight is 271 g/mol. The minimum absolute atomic E-state index is 0.120. The number of amides is 1. The molecule has 2 aliphatic carbocycles. The number of benzene rings is 1. The highest BCUT2D eigenvalue weighted by atomic mass is 16.2. The number of hydrazone groups is 1. The van der Waals surface area contributed by atoms with Gasteiger partial charge in [-0.15, -0.1) is 0 Å². The molecular weight excluding hydrogens is 250 g/mol. The van der Waals surface area contributed by atoms with E-state index in [0.717, 1.165) is 18.0 Å². The van der Waals surface area contributed by atoms with E-state index in [0.29, 0.717) is 11.5 Å². The van der Waals surface area contributed by atoms with Crippen molar-refractivity contribution in [2.75, 3.05) is 19.0 Å². The van der Waals surface area contributed by atoms with Gasteiger partial charge in [-0.1, -0.05) is 0 Å². The summed E-state index contributed by atoms with van der Waals surface area (Å²) in [6.07, 6.45) is 4.93. The maximum atomic E-state index is 12.1. The molecule has 20 heavy (non-hydrogen) atoms. The Kier molecular flexibility index (Phi) is 3.47. The lowest BCUT2D eigenvalue weighted by atomic mass is 9.99. The summed E-state index contributed by atoms with van der Waals surface area (Å²) in [5.41, 5.74) is 5.64. The topological polar surface area (TPSA) is 44.7 Å². The number of hydrogen-bond acceptors (Lipinski definition) is 3. The van der Waals surface area contributed by atoms with Crippen LogP contribution in [0, 0.1) is 11.8 Å². The van der Waals surface area contributed by atoms with Gasteiger partial charge in [0.15, 0.2) is 0 Å². The number of carbonyl (C=O) groups excluding carboxylic acids is 1. The molecule has 0 heterocycles. The SMILES string of the molecule is CN(C)c1ccc(C(=O)N/N=C2/CC3CCC2C3)cc1. The molecule has 1 N–H and O–H groups in total. The first kappa shape index (κ1) is 13.2. The van der Waals surface area contributed by atoms with Gasteiger partial charge in [0.05, 0.1) is 0 Å². The van der Waals surface area contributed by atoms with E-state index in [4.69, 9.17) is 0 Å². The van der Waals surface area contributed by atoms with Crippen LogP contribution in [0.5, 0.6) is 0 Å². The van der Waals surface area contributed by atoms with Crippen molar-refractivity contribution < 1.29 is 4.79 Å². The molecule has 3 rings (SSSR count). The summed E-state index contributed by atoms with van der Waals surface area (Å²) in [6, 6.07) is 7.57. The van der Waals surface area contributed by atoms with Crippen LogP contribution >= 0.6 is 0 Å². The number of nitrogens with zero attached hydrogens (tertiary/aromatic N) is 2. The van der Waals surface area contributed by atoms with Crippen LogP contribution in [0.1, 0.15) is 36.0 Å². The highest BCUT2D eigenvalue weighted by molar-refractivity contribution is 5.96. The zero-order chi connectivity index (χ0) is 14.1. The molecule has 1 aromatic carbocycles. The van der Waals surface area contributed by atoms with E-state index in [9.17, 15) is 4.79 Å². The molecular formula is C16H21N3O. The third-order valence-corrected chi connectivity index (χ3v) is 4.46. The lowest BCUT2D eigenvalue weighted by Crippen LogP contribution is -2.22. The van der Waals surface area contributed by atoms with Crippen LogP contribution in [0.2, 0.25) is 0 Å². The molecule has 0 saturated heterocycles. The van der Waals surface area contributed by atoms with Gasteiger partial charge in [-0.05, 0) is 61.8 Å². The average Bonchev–Trinajstić information content (AvgIpc) is 3.07. The van der Waals surface area contributed by atoms with Gasteiger partial charge in [0.2, 0.25) is 0 Å². The smallest absolute Gasteiger partial charge is 0.271 e. The predicted octanol–water partition coefficient (Wildman–Crippen LogP) is 2.66. The molecule has 2 aliphatic rings. The van der Waals surface area contributed by atoms with E-state index >= 15 is 0 Å². The van der Waals surface area contributed by atoms with Crippen LogP contribution in [-0.4, -0.2) is 25.7 Å². The molecule has 1 aromatic rings. The summed E-state index contributed by atoms with van der Waals surface area (Å²) >= 11 is 0. The Morgan fingerprint density at radius 2 is 2.00 bits per heavy atom. The van der Waals surface area contributed by atoms with Crippen LogP contribution in [0.3, 0.4) is 0 Å². The van der Waals surface area contributed by atoms with Crippen LogP contribution in [0.4, 0.5) is 5.69 Å². The van der Waals surface area contributed by atoms with Crippen molar-refractivity contribution in [1.82, 2.24) is 5.43 Å². The van der Waals surface area contributed by atoms with Gasteiger partial charge in [-0.3, -0.25) is 4.79 Å². The fraction of sp³-hybridized carbons (Fsp3) is 0.500. The minimum atomic E-state index is -0.120. The maximum Gasteiger partial charge on any atom is 0.271 e. The van der Waals surface area contributed by atoms with Gasteiger partial charge >= 0.3 is 0 Å². The van der Waals surface area contributed by atoms with Crippen molar-refractivity contribution in [1.29, 1.82) is 0 Å². The highest BCUT2D eigenvalue weighted by Crippen LogP contribution is 2.42. The van der Waals surface area contributed by atoms with Gasteiger partial charge in [0, 0.05) is 31.1 Å². The Bertz CT molecular complexity index is 533. The van der Waals surface area contributed by atoms with Crippen LogP contribution in [0.15, 0.2) is 29.4 Å². The van der Waals surface area contributed by atoms with Crippen LogP contribution < -0.4 is 10.3 Å². The lowest BCUT2D eigenvalue weighted by Gasteiger charge is -2.13. The number of carbonyl (C=O) groups is 1. The number of hydrogen-bond donors (Lipinski definition) is 1. The second kappa shape index (κ2) is 5.27. The summed E-state index contributed by atoms with van der Waals surface area (Å²) in [6.45, 7) is 0. The van der Waals surface area contributed by atoms with E-state index in [1.54, 1.807) is 0 Å². The van der Waals surface area contributed by atoms with Crippen molar-refractivity contribution in [3.8, 4) is 0 Å². The number of fused-ring (bicyclic) bond motifs is 2. The molecule has 2 atom stereocenters. The first-order chi connectivity index (χ1) is 9.63. The summed E-state index contributed by atoms with van der Waals surface area (Å²) < 4.78 is 0. The standard InChI is InChI=1S/C16H21N3O/c1-19(2)14-7-5-12(6-8-14)16(20)18-17-15-10-11-3-4-13(15)9-11/h5-8,11,13H,3-4,9-10H2,1-2H3,(H,18,20)/b17-15-. The molecule has 0 aromatic heterocycles. The monoisotopic (exact) mass is 271 g/mol. The van der Waals surface area contributed by atoms with E-state index < -0.39 is 0 Å².